The van der Waals surface area contributed by atoms with E-state index >= 15 is 0 Å². The van der Waals surface area contributed by atoms with Crippen LogP contribution >= 0.6 is 0 Å². The van der Waals surface area contributed by atoms with Gasteiger partial charge >= 0.3 is 97.4 Å². The van der Waals surface area contributed by atoms with Crippen LogP contribution in [-0.2, 0) is 4.79 Å². The van der Waals surface area contributed by atoms with Gasteiger partial charge in [-0.1, -0.05) is 0 Å². The van der Waals surface area contributed by atoms with E-state index in [0.717, 1.165) is 0 Å². The zero-order chi connectivity index (χ0) is 12.1. The zero-order valence-corrected chi connectivity index (χ0v) is 10.3. The summed E-state index contributed by atoms with van der Waals surface area (Å²) in [7, 11) is 0. The Morgan fingerprint density at radius 2 is 2.12 bits per heavy atom. The van der Waals surface area contributed by atoms with Gasteiger partial charge in [0.05, 0.1) is 0 Å². The van der Waals surface area contributed by atoms with Gasteiger partial charge in [0.25, 0.3) is 0 Å². The molecule has 2 N–H and O–H groups in total. The van der Waals surface area contributed by atoms with Gasteiger partial charge in [0.1, 0.15) is 0 Å². The number of rotatable bonds is 5. The Morgan fingerprint density at radius 1 is 1.50 bits per heavy atom. The van der Waals surface area contributed by atoms with E-state index in [9.17, 15) is 14.9 Å². The molecule has 0 saturated carbocycles. The van der Waals surface area contributed by atoms with Crippen LogP contribution in [0.4, 0.5) is 5.69 Å². The fraction of sp³-hybridized carbons (Fsp3) is 0.222. The molecule has 1 aromatic rings. The minimum absolute atomic E-state index is 0.0674. The third-order valence-electron chi connectivity index (χ3n) is 1.91. The van der Waals surface area contributed by atoms with Gasteiger partial charge in [-0.05, 0) is 0 Å². The summed E-state index contributed by atoms with van der Waals surface area (Å²) in [5.41, 5.74) is -0.0674. The van der Waals surface area contributed by atoms with Gasteiger partial charge in [-0.15, -0.1) is 0 Å². The van der Waals surface area contributed by atoms with Crippen molar-refractivity contribution in [2.45, 2.75) is 4.71 Å². The minimum atomic E-state index is -1.27. The van der Waals surface area contributed by atoms with Crippen molar-refractivity contribution < 1.29 is 19.9 Å². The summed E-state index contributed by atoms with van der Waals surface area (Å²) in [6, 6.07) is 6.05. The Balaban J connectivity index is 2.95. The van der Waals surface area contributed by atoms with Crippen molar-refractivity contribution >= 4 is 31.8 Å². The number of aliphatic carboxylic acids is 1. The van der Waals surface area contributed by atoms with Crippen LogP contribution in [0.5, 0.6) is 0 Å². The predicted molar refractivity (Wildman–Crippen MR) is 58.4 cm³/mol. The Hall–Kier alpha value is -1.39. The van der Waals surface area contributed by atoms with E-state index < -0.39 is 38.0 Å². The average Bonchev–Trinajstić information content (AvgIpc) is 2.25. The van der Waals surface area contributed by atoms with Crippen LogP contribution in [0.2, 0.25) is 4.71 Å². The van der Waals surface area contributed by atoms with Gasteiger partial charge < -0.3 is 0 Å². The molecule has 0 heterocycles. The molecule has 0 aliphatic carbocycles. The number of aliphatic hydroxyl groups excluding tert-OH is 1. The molecule has 0 amide bonds. The van der Waals surface area contributed by atoms with Crippen LogP contribution in [0.15, 0.2) is 24.3 Å². The van der Waals surface area contributed by atoms with E-state index in [2.05, 4.69) is 0 Å². The number of hydrogen-bond acceptors (Lipinski definition) is 4. The number of aliphatic hydroxyl groups is 1. The summed E-state index contributed by atoms with van der Waals surface area (Å²) in [5.74, 6) is -1.11. The van der Waals surface area contributed by atoms with Crippen LogP contribution < -0.4 is 4.35 Å². The molecular formula is C9H10AsNO5. The fourth-order valence-corrected chi connectivity index (χ4v) is 3.45. The Labute approximate surface area is 97.7 Å². The first-order valence-corrected chi connectivity index (χ1v) is 6.66. The summed E-state index contributed by atoms with van der Waals surface area (Å²) in [6.07, 6.45) is 0. The molecule has 6 nitrogen and oxygen atoms in total. The maximum absolute atomic E-state index is 10.7. The van der Waals surface area contributed by atoms with Crippen molar-refractivity contribution in [1.82, 2.24) is 0 Å². The Kier molecular flexibility index (Phi) is 4.46. The molecule has 0 bridgehead atoms. The second-order valence-electron chi connectivity index (χ2n) is 2.99. The van der Waals surface area contributed by atoms with Gasteiger partial charge in [-0.25, -0.2) is 0 Å². The van der Waals surface area contributed by atoms with Crippen molar-refractivity contribution in [3.8, 4) is 0 Å². The summed E-state index contributed by atoms with van der Waals surface area (Å²) in [4.78, 5) is 20.9. The molecule has 86 valence electrons. The molecule has 0 aliphatic rings. The molecule has 2 atom stereocenters. The van der Waals surface area contributed by atoms with Crippen LogP contribution in [0.25, 0.3) is 0 Å². The average molecular weight is 287 g/mol. The molecule has 16 heavy (non-hydrogen) atoms. The molecule has 1 aromatic carbocycles. The van der Waals surface area contributed by atoms with Gasteiger partial charge in [-0.2, -0.15) is 0 Å². The number of carboxylic acid groups (broad SMARTS) is 1. The van der Waals surface area contributed by atoms with Gasteiger partial charge in [0, 0.05) is 0 Å². The number of nitro benzene ring substituents is 1. The summed E-state index contributed by atoms with van der Waals surface area (Å²) < 4.78 is -0.449. The molecule has 2 unspecified atom stereocenters. The topological polar surface area (TPSA) is 101 Å². The first-order valence-electron chi connectivity index (χ1n) is 4.40. The second-order valence-corrected chi connectivity index (χ2v) is 6.19. The summed E-state index contributed by atoms with van der Waals surface area (Å²) in [5, 5.41) is 28.3. The van der Waals surface area contributed by atoms with E-state index in [1.807, 2.05) is 0 Å². The van der Waals surface area contributed by atoms with Crippen molar-refractivity contribution in [2.75, 3.05) is 6.61 Å². The normalized spacial score (nSPS) is 12.8. The monoisotopic (exact) mass is 287 g/mol. The van der Waals surface area contributed by atoms with Crippen molar-refractivity contribution in [3.63, 3.8) is 0 Å². The standard InChI is InChI=1S/C9H10AsNO5/c12-5-7(9(13)14)10-6-3-1-2-4-8(6)11(15)16/h1-4,7,10,12H,5H2,(H,13,14). The van der Waals surface area contributed by atoms with Gasteiger partial charge in [-0.3, -0.25) is 0 Å². The number of hydrogen-bond donors (Lipinski definition) is 2. The number of benzene rings is 1. The molecule has 1 rings (SSSR count). The van der Waals surface area contributed by atoms with Crippen molar-refractivity contribution in [1.29, 1.82) is 0 Å². The summed E-state index contributed by atoms with van der Waals surface area (Å²) >= 11 is -1.27. The fourth-order valence-electron chi connectivity index (χ4n) is 1.13. The SMILES string of the molecule is O=C(O)C(CO)[AsH]c1ccccc1[N+](=O)[O-]. The van der Waals surface area contributed by atoms with Gasteiger partial charge in [0.15, 0.2) is 0 Å². The van der Waals surface area contributed by atoms with Crippen LogP contribution in [0, 0.1) is 10.1 Å². The first-order chi connectivity index (χ1) is 7.56. The first kappa shape index (κ1) is 12.7. The number of nitro groups is 1. The number of carboxylic acids is 1. The Morgan fingerprint density at radius 3 is 2.62 bits per heavy atom. The molecule has 0 saturated heterocycles. The van der Waals surface area contributed by atoms with E-state index in [1.54, 1.807) is 12.1 Å². The zero-order valence-electron chi connectivity index (χ0n) is 8.16. The Bertz CT molecular complexity index is 409. The molecule has 0 aromatic heterocycles. The molecule has 0 fully saturated rings. The second kappa shape index (κ2) is 5.63. The van der Waals surface area contributed by atoms with Crippen molar-refractivity contribution in [3.05, 3.63) is 34.4 Å². The quantitative estimate of drug-likeness (QED) is 0.433. The number of nitrogens with zero attached hydrogens (tertiary/aromatic N) is 1. The molecular weight excluding hydrogens is 277 g/mol. The van der Waals surface area contributed by atoms with Gasteiger partial charge in [0.2, 0.25) is 0 Å². The predicted octanol–water partition coefficient (Wildman–Crippen LogP) is -0.478. The molecule has 0 aliphatic heterocycles. The number of carbonyl (C=O) groups is 1. The summed E-state index contributed by atoms with van der Waals surface area (Å²) in [6.45, 7) is -0.485. The molecule has 0 spiro atoms. The maximum atomic E-state index is 10.7. The molecule has 0 radical (unpaired) electrons. The van der Waals surface area contributed by atoms with Crippen LogP contribution in [-0.4, -0.2) is 43.5 Å². The third-order valence-corrected chi connectivity index (χ3v) is 5.08. The van der Waals surface area contributed by atoms with E-state index in [4.69, 9.17) is 10.2 Å². The van der Waals surface area contributed by atoms with E-state index in [1.165, 1.54) is 12.1 Å². The van der Waals surface area contributed by atoms with E-state index in [-0.39, 0.29) is 5.69 Å². The number of para-hydroxylation sites is 1. The van der Waals surface area contributed by atoms with Crippen molar-refractivity contribution in [2.24, 2.45) is 0 Å². The van der Waals surface area contributed by atoms with E-state index in [0.29, 0.717) is 4.35 Å². The molecule has 7 heteroatoms. The van der Waals surface area contributed by atoms with Crippen LogP contribution in [0.1, 0.15) is 0 Å². The third kappa shape index (κ3) is 3.05. The van der Waals surface area contributed by atoms with Crippen LogP contribution in [0.3, 0.4) is 0 Å².